The second-order valence-electron chi connectivity index (χ2n) is 4.23. The molecule has 1 aliphatic rings. The van der Waals surface area contributed by atoms with Gasteiger partial charge in [0, 0.05) is 18.4 Å². The molecule has 1 heteroatoms. The zero-order valence-corrected chi connectivity index (χ0v) is 8.01. The van der Waals surface area contributed by atoms with E-state index in [1.165, 1.54) is 31.4 Å². The molecule has 0 fully saturated rings. The summed E-state index contributed by atoms with van der Waals surface area (Å²) in [5.41, 5.74) is 3.07. The lowest BCUT2D eigenvalue weighted by molar-refractivity contribution is 0.643. The van der Waals surface area contributed by atoms with Gasteiger partial charge in [-0.3, -0.25) is 0 Å². The summed E-state index contributed by atoms with van der Waals surface area (Å²) in [5, 5.41) is 0. The SMILES string of the molecule is CC(C)Cc1cc2n(c1)CCC2. The van der Waals surface area contributed by atoms with Gasteiger partial charge in [-0.25, -0.2) is 0 Å². The molecule has 0 bridgehead atoms. The van der Waals surface area contributed by atoms with E-state index in [0.29, 0.717) is 0 Å². The highest BCUT2D eigenvalue weighted by Gasteiger charge is 2.11. The lowest BCUT2D eigenvalue weighted by Gasteiger charge is -2.00. The van der Waals surface area contributed by atoms with E-state index >= 15 is 0 Å². The van der Waals surface area contributed by atoms with Crippen LogP contribution in [0.4, 0.5) is 0 Å². The Labute approximate surface area is 74.4 Å². The highest BCUT2D eigenvalue weighted by atomic mass is 15.0. The lowest BCUT2D eigenvalue weighted by Crippen LogP contribution is -1.93. The van der Waals surface area contributed by atoms with E-state index in [-0.39, 0.29) is 0 Å². The van der Waals surface area contributed by atoms with Gasteiger partial charge in [0.2, 0.25) is 0 Å². The van der Waals surface area contributed by atoms with Gasteiger partial charge in [-0.1, -0.05) is 13.8 Å². The summed E-state index contributed by atoms with van der Waals surface area (Å²) >= 11 is 0. The number of rotatable bonds is 2. The largest absolute Gasteiger partial charge is 0.351 e. The molecule has 2 rings (SSSR count). The van der Waals surface area contributed by atoms with Gasteiger partial charge >= 0.3 is 0 Å². The average molecular weight is 163 g/mol. The van der Waals surface area contributed by atoms with Crippen molar-refractivity contribution in [2.45, 2.75) is 39.7 Å². The molecule has 66 valence electrons. The van der Waals surface area contributed by atoms with E-state index in [9.17, 15) is 0 Å². The molecule has 0 atom stereocenters. The van der Waals surface area contributed by atoms with E-state index in [1.54, 1.807) is 5.69 Å². The number of aromatic nitrogens is 1. The van der Waals surface area contributed by atoms with Crippen molar-refractivity contribution in [3.8, 4) is 0 Å². The Bertz CT molecular complexity index is 249. The first-order valence-electron chi connectivity index (χ1n) is 4.93. The van der Waals surface area contributed by atoms with Crippen LogP contribution in [-0.4, -0.2) is 4.57 Å². The number of hydrogen-bond donors (Lipinski definition) is 0. The van der Waals surface area contributed by atoms with Gasteiger partial charge in [-0.05, 0) is 36.8 Å². The second kappa shape index (κ2) is 2.96. The van der Waals surface area contributed by atoms with Gasteiger partial charge in [0.1, 0.15) is 0 Å². The summed E-state index contributed by atoms with van der Waals surface area (Å²) in [7, 11) is 0. The number of fused-ring (bicyclic) bond motifs is 1. The first-order chi connectivity index (χ1) is 5.75. The molecule has 1 aliphatic heterocycles. The minimum absolute atomic E-state index is 0.785. The summed E-state index contributed by atoms with van der Waals surface area (Å²) in [6.07, 6.45) is 6.21. The van der Waals surface area contributed by atoms with Crippen LogP contribution in [0, 0.1) is 5.92 Å². The minimum Gasteiger partial charge on any atom is -0.351 e. The van der Waals surface area contributed by atoms with Crippen molar-refractivity contribution < 1.29 is 0 Å². The summed E-state index contributed by atoms with van der Waals surface area (Å²) < 4.78 is 2.41. The molecule has 0 N–H and O–H groups in total. The van der Waals surface area contributed by atoms with Crippen LogP contribution in [0.1, 0.15) is 31.5 Å². The normalized spacial score (nSPS) is 15.6. The Morgan fingerprint density at radius 1 is 1.50 bits per heavy atom. The van der Waals surface area contributed by atoms with Gasteiger partial charge in [-0.15, -0.1) is 0 Å². The molecule has 0 aliphatic carbocycles. The zero-order chi connectivity index (χ0) is 8.55. The van der Waals surface area contributed by atoms with Crippen LogP contribution in [0.3, 0.4) is 0 Å². The van der Waals surface area contributed by atoms with Crippen LogP contribution in [0.15, 0.2) is 12.3 Å². The van der Waals surface area contributed by atoms with Crippen molar-refractivity contribution in [3.05, 3.63) is 23.5 Å². The molecule has 1 aromatic rings. The van der Waals surface area contributed by atoms with Crippen molar-refractivity contribution >= 4 is 0 Å². The van der Waals surface area contributed by atoms with Gasteiger partial charge in [-0.2, -0.15) is 0 Å². The molecule has 1 aromatic heterocycles. The smallest absolute Gasteiger partial charge is 0.0226 e. The van der Waals surface area contributed by atoms with E-state index in [2.05, 4.69) is 30.7 Å². The Kier molecular flexibility index (Phi) is 1.95. The molecule has 2 heterocycles. The fraction of sp³-hybridized carbons (Fsp3) is 0.636. The summed E-state index contributed by atoms with van der Waals surface area (Å²) in [4.78, 5) is 0. The van der Waals surface area contributed by atoms with E-state index < -0.39 is 0 Å². The molecule has 12 heavy (non-hydrogen) atoms. The Morgan fingerprint density at radius 3 is 3.00 bits per heavy atom. The zero-order valence-electron chi connectivity index (χ0n) is 8.01. The van der Waals surface area contributed by atoms with Crippen molar-refractivity contribution in [2.75, 3.05) is 0 Å². The Morgan fingerprint density at radius 2 is 2.33 bits per heavy atom. The molecular weight excluding hydrogens is 146 g/mol. The van der Waals surface area contributed by atoms with Crippen LogP contribution in [0.2, 0.25) is 0 Å². The maximum absolute atomic E-state index is 2.41. The van der Waals surface area contributed by atoms with Crippen molar-refractivity contribution in [3.63, 3.8) is 0 Å². The van der Waals surface area contributed by atoms with Gasteiger partial charge in [0.25, 0.3) is 0 Å². The van der Waals surface area contributed by atoms with E-state index in [0.717, 1.165) is 5.92 Å². The summed E-state index contributed by atoms with van der Waals surface area (Å²) in [5.74, 6) is 0.785. The Balaban J connectivity index is 2.15. The third kappa shape index (κ3) is 1.40. The summed E-state index contributed by atoms with van der Waals surface area (Å²) in [6.45, 7) is 5.80. The highest BCUT2D eigenvalue weighted by Crippen LogP contribution is 2.19. The number of nitrogens with zero attached hydrogens (tertiary/aromatic N) is 1. The molecular formula is C11H17N. The average Bonchev–Trinajstić information content (AvgIpc) is 2.43. The quantitative estimate of drug-likeness (QED) is 0.631. The lowest BCUT2D eigenvalue weighted by atomic mass is 10.1. The van der Waals surface area contributed by atoms with Crippen molar-refractivity contribution in [1.82, 2.24) is 4.57 Å². The molecule has 0 unspecified atom stereocenters. The maximum Gasteiger partial charge on any atom is 0.0226 e. The van der Waals surface area contributed by atoms with Gasteiger partial charge < -0.3 is 4.57 Å². The topological polar surface area (TPSA) is 4.93 Å². The third-order valence-electron chi connectivity index (χ3n) is 2.52. The van der Waals surface area contributed by atoms with Crippen LogP contribution in [0.25, 0.3) is 0 Å². The molecule has 0 saturated carbocycles. The Hall–Kier alpha value is -0.720. The van der Waals surface area contributed by atoms with E-state index in [1.807, 2.05) is 0 Å². The molecule has 0 radical (unpaired) electrons. The molecule has 0 amide bonds. The maximum atomic E-state index is 2.41. The summed E-state index contributed by atoms with van der Waals surface area (Å²) in [6, 6.07) is 2.38. The van der Waals surface area contributed by atoms with E-state index in [4.69, 9.17) is 0 Å². The minimum atomic E-state index is 0.785. The van der Waals surface area contributed by atoms with Crippen LogP contribution < -0.4 is 0 Å². The fourth-order valence-corrected chi connectivity index (χ4v) is 2.05. The van der Waals surface area contributed by atoms with Gasteiger partial charge in [0.05, 0.1) is 0 Å². The predicted octanol–water partition coefficient (Wildman–Crippen LogP) is 2.63. The molecule has 0 aromatic carbocycles. The highest BCUT2D eigenvalue weighted by molar-refractivity contribution is 5.21. The number of hydrogen-bond acceptors (Lipinski definition) is 0. The second-order valence-corrected chi connectivity index (χ2v) is 4.23. The van der Waals surface area contributed by atoms with Crippen LogP contribution in [-0.2, 0) is 19.4 Å². The van der Waals surface area contributed by atoms with Crippen molar-refractivity contribution in [2.24, 2.45) is 5.92 Å². The van der Waals surface area contributed by atoms with Crippen LogP contribution in [0.5, 0.6) is 0 Å². The molecule has 0 saturated heterocycles. The van der Waals surface area contributed by atoms with Crippen molar-refractivity contribution in [1.29, 1.82) is 0 Å². The first kappa shape index (κ1) is 7.90. The fourth-order valence-electron chi connectivity index (χ4n) is 2.05. The van der Waals surface area contributed by atoms with Gasteiger partial charge in [0.15, 0.2) is 0 Å². The standard InChI is InChI=1S/C11H17N/c1-9(2)6-10-7-11-4-3-5-12(11)8-10/h7-9H,3-6H2,1-2H3. The first-order valence-corrected chi connectivity index (χ1v) is 4.93. The monoisotopic (exact) mass is 163 g/mol. The molecule has 0 spiro atoms. The predicted molar refractivity (Wildman–Crippen MR) is 51.3 cm³/mol. The van der Waals surface area contributed by atoms with Crippen LogP contribution >= 0.6 is 0 Å². The number of aryl methyl sites for hydroxylation is 2. The molecule has 1 nitrogen and oxygen atoms in total. The third-order valence-corrected chi connectivity index (χ3v) is 2.52.